The van der Waals surface area contributed by atoms with Crippen molar-refractivity contribution in [3.8, 4) is 0 Å². The maximum absolute atomic E-state index is 13.0. The second-order valence-electron chi connectivity index (χ2n) is 3.84. The van der Waals surface area contributed by atoms with Crippen LogP contribution < -0.4 is 5.32 Å². The normalized spacial score (nSPS) is 10.8. The van der Waals surface area contributed by atoms with Crippen molar-refractivity contribution in [2.45, 2.75) is 6.43 Å². The molecule has 0 aliphatic carbocycles. The highest BCUT2D eigenvalue weighted by atomic mass is 19.3. The number of nitrogens with zero attached hydrogens (tertiary/aromatic N) is 2. The molecule has 1 heterocycles. The lowest BCUT2D eigenvalue weighted by atomic mass is 10.2. The molecular weight excluding hydrogens is 259 g/mol. The summed E-state index contributed by atoms with van der Waals surface area (Å²) in [5.74, 6) is -1.03. The molecule has 2 aromatic rings. The van der Waals surface area contributed by atoms with Gasteiger partial charge in [-0.3, -0.25) is 9.48 Å². The van der Waals surface area contributed by atoms with Gasteiger partial charge in [0.2, 0.25) is 0 Å². The van der Waals surface area contributed by atoms with Gasteiger partial charge in [-0.25, -0.2) is 13.2 Å². The van der Waals surface area contributed by atoms with Crippen LogP contribution in [-0.4, -0.2) is 15.7 Å². The molecule has 0 aliphatic rings. The van der Waals surface area contributed by atoms with E-state index in [1.165, 1.54) is 25.2 Å². The van der Waals surface area contributed by atoms with Crippen molar-refractivity contribution in [1.82, 2.24) is 9.78 Å². The average molecular weight is 269 g/mol. The molecule has 0 bridgehead atoms. The molecule has 0 spiro atoms. The Kier molecular flexibility index (Phi) is 3.55. The van der Waals surface area contributed by atoms with Gasteiger partial charge in [-0.1, -0.05) is 6.07 Å². The van der Waals surface area contributed by atoms with Crippen LogP contribution in [0, 0.1) is 5.82 Å². The summed E-state index contributed by atoms with van der Waals surface area (Å²) in [5, 5.41) is 5.94. The summed E-state index contributed by atoms with van der Waals surface area (Å²) in [5.41, 5.74) is -0.336. The Morgan fingerprint density at radius 1 is 1.37 bits per heavy atom. The van der Waals surface area contributed by atoms with Gasteiger partial charge in [-0.2, -0.15) is 5.10 Å². The number of carbonyl (C=O) groups is 1. The van der Waals surface area contributed by atoms with E-state index in [4.69, 9.17) is 0 Å². The lowest BCUT2D eigenvalue weighted by Gasteiger charge is -2.04. The maximum Gasteiger partial charge on any atom is 0.282 e. The van der Waals surface area contributed by atoms with Crippen LogP contribution in [-0.2, 0) is 7.05 Å². The molecule has 0 radical (unpaired) electrons. The lowest BCUT2D eigenvalue weighted by molar-refractivity contribution is 0.102. The van der Waals surface area contributed by atoms with Crippen LogP contribution in [0.4, 0.5) is 19.0 Å². The third-order valence-electron chi connectivity index (χ3n) is 2.45. The third kappa shape index (κ3) is 2.93. The van der Waals surface area contributed by atoms with E-state index < -0.39 is 23.8 Å². The van der Waals surface area contributed by atoms with Crippen LogP contribution in [0.2, 0.25) is 0 Å². The summed E-state index contributed by atoms with van der Waals surface area (Å²) in [6, 6.07) is 6.14. The summed E-state index contributed by atoms with van der Waals surface area (Å²) in [6.07, 6.45) is -2.72. The minimum absolute atomic E-state index is 0.0970. The summed E-state index contributed by atoms with van der Waals surface area (Å²) >= 11 is 0. The molecule has 0 saturated carbocycles. The Balaban J connectivity index is 2.19. The summed E-state index contributed by atoms with van der Waals surface area (Å²) < 4.78 is 39.0. The molecule has 1 amide bonds. The lowest BCUT2D eigenvalue weighted by Crippen LogP contribution is -2.14. The minimum Gasteiger partial charge on any atom is -0.307 e. The number of aromatic nitrogens is 2. The fourth-order valence-electron chi connectivity index (χ4n) is 1.53. The SMILES string of the molecule is Cn1nc(C(F)F)cc1NC(=O)c1cccc(F)c1. The van der Waals surface area contributed by atoms with Crippen molar-refractivity contribution in [2.24, 2.45) is 7.05 Å². The van der Waals surface area contributed by atoms with E-state index in [1.54, 1.807) is 0 Å². The number of benzene rings is 1. The molecule has 1 aromatic carbocycles. The molecule has 0 unspecified atom stereocenters. The van der Waals surface area contributed by atoms with Crippen molar-refractivity contribution < 1.29 is 18.0 Å². The fourth-order valence-corrected chi connectivity index (χ4v) is 1.53. The standard InChI is InChI=1S/C12H10F3N3O/c1-18-10(6-9(17-18)11(14)15)16-12(19)7-3-2-4-8(13)5-7/h2-6,11H,1H3,(H,16,19). The van der Waals surface area contributed by atoms with Crippen molar-refractivity contribution in [3.63, 3.8) is 0 Å². The average Bonchev–Trinajstić information content (AvgIpc) is 2.71. The highest BCUT2D eigenvalue weighted by Gasteiger charge is 2.16. The first-order valence-electron chi connectivity index (χ1n) is 5.36. The highest BCUT2D eigenvalue weighted by molar-refractivity contribution is 6.03. The second kappa shape index (κ2) is 5.13. The van der Waals surface area contributed by atoms with E-state index in [0.717, 1.165) is 16.8 Å². The zero-order valence-electron chi connectivity index (χ0n) is 9.90. The van der Waals surface area contributed by atoms with Crippen LogP contribution in [0.5, 0.6) is 0 Å². The van der Waals surface area contributed by atoms with Crippen molar-refractivity contribution in [2.75, 3.05) is 5.32 Å². The van der Waals surface area contributed by atoms with Gasteiger partial charge < -0.3 is 5.32 Å². The number of anilines is 1. The van der Waals surface area contributed by atoms with Crippen LogP contribution in [0.25, 0.3) is 0 Å². The van der Waals surface area contributed by atoms with E-state index >= 15 is 0 Å². The second-order valence-corrected chi connectivity index (χ2v) is 3.84. The Morgan fingerprint density at radius 3 is 2.68 bits per heavy atom. The van der Waals surface area contributed by atoms with Crippen LogP contribution in [0.3, 0.4) is 0 Å². The number of amides is 1. The molecule has 7 heteroatoms. The molecule has 0 aliphatic heterocycles. The van der Waals surface area contributed by atoms with Gasteiger partial charge in [0.15, 0.2) is 0 Å². The number of aryl methyl sites for hydroxylation is 1. The van der Waals surface area contributed by atoms with E-state index in [2.05, 4.69) is 10.4 Å². The minimum atomic E-state index is -2.72. The molecular formula is C12H10F3N3O. The monoisotopic (exact) mass is 269 g/mol. The molecule has 4 nitrogen and oxygen atoms in total. The Bertz CT molecular complexity index is 610. The van der Waals surface area contributed by atoms with Crippen LogP contribution >= 0.6 is 0 Å². The zero-order valence-corrected chi connectivity index (χ0v) is 9.90. The first-order chi connectivity index (χ1) is 8.97. The summed E-state index contributed by atoms with van der Waals surface area (Å²) in [6.45, 7) is 0. The predicted octanol–water partition coefficient (Wildman–Crippen LogP) is 2.75. The Labute approximate surface area is 106 Å². The number of hydrogen-bond donors (Lipinski definition) is 1. The first-order valence-corrected chi connectivity index (χ1v) is 5.36. The van der Waals surface area contributed by atoms with Gasteiger partial charge in [-0.15, -0.1) is 0 Å². The maximum atomic E-state index is 13.0. The van der Waals surface area contributed by atoms with E-state index in [0.29, 0.717) is 0 Å². The van der Waals surface area contributed by atoms with Gasteiger partial charge in [0, 0.05) is 18.7 Å². The number of carbonyl (C=O) groups excluding carboxylic acids is 1. The highest BCUT2D eigenvalue weighted by Crippen LogP contribution is 2.20. The molecule has 2 rings (SSSR count). The van der Waals surface area contributed by atoms with Crippen molar-refractivity contribution in [1.29, 1.82) is 0 Å². The fraction of sp³-hybridized carbons (Fsp3) is 0.167. The number of halogens is 3. The summed E-state index contributed by atoms with van der Waals surface area (Å²) in [4.78, 5) is 11.8. The van der Waals surface area contributed by atoms with Crippen molar-refractivity contribution >= 4 is 11.7 Å². The van der Waals surface area contributed by atoms with Gasteiger partial charge in [0.1, 0.15) is 17.3 Å². The van der Waals surface area contributed by atoms with E-state index in [1.807, 2.05) is 0 Å². The molecule has 0 saturated heterocycles. The van der Waals surface area contributed by atoms with Crippen LogP contribution in [0.1, 0.15) is 22.5 Å². The van der Waals surface area contributed by atoms with E-state index in [9.17, 15) is 18.0 Å². The van der Waals surface area contributed by atoms with E-state index in [-0.39, 0.29) is 11.4 Å². The van der Waals surface area contributed by atoms with Gasteiger partial charge in [0.25, 0.3) is 12.3 Å². The summed E-state index contributed by atoms with van der Waals surface area (Å²) in [7, 11) is 1.42. The topological polar surface area (TPSA) is 46.9 Å². The molecule has 1 aromatic heterocycles. The number of rotatable bonds is 3. The van der Waals surface area contributed by atoms with Crippen molar-refractivity contribution in [3.05, 3.63) is 47.4 Å². The first kappa shape index (κ1) is 13.1. The largest absolute Gasteiger partial charge is 0.307 e. The third-order valence-corrected chi connectivity index (χ3v) is 2.45. The Hall–Kier alpha value is -2.31. The van der Waals surface area contributed by atoms with Gasteiger partial charge >= 0.3 is 0 Å². The number of alkyl halides is 2. The Morgan fingerprint density at radius 2 is 2.11 bits per heavy atom. The molecule has 0 atom stereocenters. The molecule has 0 fully saturated rings. The van der Waals surface area contributed by atoms with Crippen LogP contribution in [0.15, 0.2) is 30.3 Å². The molecule has 100 valence electrons. The smallest absolute Gasteiger partial charge is 0.282 e. The number of hydrogen-bond acceptors (Lipinski definition) is 2. The quantitative estimate of drug-likeness (QED) is 0.931. The van der Waals surface area contributed by atoms with Gasteiger partial charge in [-0.05, 0) is 18.2 Å². The van der Waals surface area contributed by atoms with Gasteiger partial charge in [0.05, 0.1) is 0 Å². The predicted molar refractivity (Wildman–Crippen MR) is 62.5 cm³/mol. The zero-order chi connectivity index (χ0) is 14.0. The molecule has 1 N–H and O–H groups in total. The number of nitrogens with one attached hydrogen (secondary N) is 1. The molecule has 19 heavy (non-hydrogen) atoms.